The average Bonchev–Trinajstić information content (AvgIpc) is 3.66. The van der Waals surface area contributed by atoms with E-state index in [1.54, 1.807) is 0 Å². The van der Waals surface area contributed by atoms with E-state index >= 15 is 0 Å². The Kier molecular flexibility index (Phi) is 15.7. The van der Waals surface area contributed by atoms with Gasteiger partial charge in [0, 0.05) is 33.6 Å². The predicted octanol–water partition coefficient (Wildman–Crippen LogP) is 11.9. The normalized spacial score (nSPS) is 12.5. The van der Waals surface area contributed by atoms with Crippen LogP contribution in [0.4, 0.5) is 84.2 Å². The van der Waals surface area contributed by atoms with Crippen LogP contribution in [0.15, 0.2) is 49.9 Å². The van der Waals surface area contributed by atoms with Crippen LogP contribution in [0.25, 0.3) is 0 Å². The second-order valence-electron chi connectivity index (χ2n) is 11.9. The number of nitrogens with one attached hydrogen (secondary N) is 2. The van der Waals surface area contributed by atoms with Crippen molar-refractivity contribution in [3.63, 3.8) is 0 Å². The van der Waals surface area contributed by atoms with Crippen molar-refractivity contribution in [2.75, 3.05) is 22.1 Å². The van der Waals surface area contributed by atoms with Gasteiger partial charge in [-0.3, -0.25) is 9.59 Å². The van der Waals surface area contributed by atoms with Gasteiger partial charge in [-0.2, -0.15) is 52.7 Å². The fourth-order valence-electron chi connectivity index (χ4n) is 5.01. The molecule has 26 heteroatoms. The zero-order valence-electron chi connectivity index (χ0n) is 29.5. The van der Waals surface area contributed by atoms with E-state index in [2.05, 4.69) is 51.3 Å². The number of thiol groups is 1. The van der Waals surface area contributed by atoms with Crippen LogP contribution in [0.1, 0.15) is 52.7 Å². The number of nitrogens with two attached hydrogens (primary N) is 2. The zero-order valence-corrected chi connectivity index (χ0v) is 33.6. The number of nitrogens with zero attached hydrogens (tertiary/aromatic N) is 1. The van der Waals surface area contributed by atoms with E-state index in [1.807, 2.05) is 0 Å². The van der Waals surface area contributed by atoms with Gasteiger partial charge in [-0.1, -0.05) is 24.3 Å². The number of halogens is 15. The van der Waals surface area contributed by atoms with Crippen LogP contribution in [0.2, 0.25) is 0 Å². The standard InChI is InChI=1S/C16H12BrF7N2OS.C16H13F7N2OS.BHNS/c1-6-3-8(14(18,15(19,20)21)16(22,23)24)4-7(2)11(6)26-13(27)10-5-9(25)12(17)28-10;1-7-3-9(14(17,15(18,19)20)16(21,22)23)4-8(2)12(7)25-13(26)11-5-10(24)6-27-11;1-2-3/h3-5H,25H2,1-2H3,(H,26,27);3-6H,24H2,1-2H3,(H,25,26);3H. The molecule has 0 atom stereocenters. The first-order valence-electron chi connectivity index (χ1n) is 15.1. The number of hydrogen-bond acceptors (Lipinski definition) is 8. The van der Waals surface area contributed by atoms with Gasteiger partial charge in [0.25, 0.3) is 11.8 Å². The quantitative estimate of drug-likeness (QED) is 0.0750. The van der Waals surface area contributed by atoms with E-state index in [4.69, 9.17) is 11.5 Å². The van der Waals surface area contributed by atoms with Crippen LogP contribution in [-0.2, 0) is 11.3 Å². The van der Waals surface area contributed by atoms with E-state index in [1.165, 1.54) is 31.4 Å². The number of rotatable bonds is 6. The molecule has 2 amide bonds. The third-order valence-corrected chi connectivity index (χ3v) is 10.5. The molecule has 0 spiro atoms. The molecule has 4 rings (SSSR count). The molecule has 2 heterocycles. The van der Waals surface area contributed by atoms with Crippen molar-refractivity contribution in [2.24, 2.45) is 4.30 Å². The van der Waals surface area contributed by atoms with Crippen molar-refractivity contribution in [3.8, 4) is 0 Å². The Morgan fingerprint density at radius 1 is 0.638 bits per heavy atom. The third-order valence-electron chi connectivity index (χ3n) is 7.68. The van der Waals surface area contributed by atoms with Gasteiger partial charge < -0.3 is 22.1 Å². The summed E-state index contributed by atoms with van der Waals surface area (Å²) in [7, 11) is 4.34. The van der Waals surface area contributed by atoms with Crippen molar-refractivity contribution in [1.29, 1.82) is 0 Å². The molecule has 0 saturated carbocycles. The molecule has 0 unspecified atom stereocenters. The molecular weight excluding hydrogens is 939 g/mol. The molecular formula is C32H26BBrF14N5O2S3. The number of alkyl halides is 14. The molecule has 0 saturated heterocycles. The van der Waals surface area contributed by atoms with Crippen LogP contribution in [0, 0.1) is 27.7 Å². The summed E-state index contributed by atoms with van der Waals surface area (Å²) in [6.07, 6.45) is -24.8. The van der Waals surface area contributed by atoms with E-state index in [0.717, 1.165) is 36.5 Å². The van der Waals surface area contributed by atoms with Crippen molar-refractivity contribution in [1.82, 2.24) is 0 Å². The summed E-state index contributed by atoms with van der Waals surface area (Å²) in [5, 5.41) is 6.28. The van der Waals surface area contributed by atoms with E-state index in [9.17, 15) is 71.1 Å². The summed E-state index contributed by atoms with van der Waals surface area (Å²) in [5.74, 6) is -1.31. The van der Waals surface area contributed by atoms with Gasteiger partial charge in [0.1, 0.15) is 0 Å². The fourth-order valence-corrected chi connectivity index (χ4v) is 7.04. The Morgan fingerprint density at radius 3 is 1.19 bits per heavy atom. The molecule has 0 aliphatic rings. The molecule has 0 aliphatic carbocycles. The summed E-state index contributed by atoms with van der Waals surface area (Å²) in [6, 6.07) is 4.39. The number of amides is 2. The number of anilines is 4. The van der Waals surface area contributed by atoms with Gasteiger partial charge in [0.2, 0.25) is 0 Å². The topological polar surface area (TPSA) is 123 Å². The van der Waals surface area contributed by atoms with Crippen molar-refractivity contribution in [3.05, 3.63) is 88.7 Å². The first-order valence-corrected chi connectivity index (χ1v) is 18.0. The monoisotopic (exact) mass is 964 g/mol. The molecule has 1 radical (unpaired) electrons. The second-order valence-corrected chi connectivity index (χ2v) is 15.4. The Labute approximate surface area is 342 Å². The Morgan fingerprint density at radius 2 is 0.948 bits per heavy atom. The minimum atomic E-state index is -6.21. The van der Waals surface area contributed by atoms with Crippen molar-refractivity contribution >= 4 is 93.6 Å². The van der Waals surface area contributed by atoms with Gasteiger partial charge in [-0.05, 0) is 78.0 Å². The molecule has 58 heavy (non-hydrogen) atoms. The number of nitrogen functional groups attached to an aromatic ring is 2. The molecule has 317 valence electrons. The van der Waals surface area contributed by atoms with Crippen LogP contribution in [-0.4, -0.2) is 44.2 Å². The predicted molar refractivity (Wildman–Crippen MR) is 200 cm³/mol. The van der Waals surface area contributed by atoms with Crippen molar-refractivity contribution in [2.45, 2.75) is 63.7 Å². The molecule has 7 nitrogen and oxygen atoms in total. The molecule has 2 aromatic heterocycles. The number of thiophene rings is 2. The third kappa shape index (κ3) is 10.6. The molecule has 6 N–H and O–H groups in total. The molecule has 2 aromatic carbocycles. The molecule has 4 aromatic rings. The van der Waals surface area contributed by atoms with Gasteiger partial charge in [-0.15, -0.1) is 22.7 Å². The summed E-state index contributed by atoms with van der Waals surface area (Å²) >= 11 is 8.32. The molecule has 0 fully saturated rings. The Bertz CT molecular complexity index is 2060. The Balaban J connectivity index is 0.000000375. The van der Waals surface area contributed by atoms with E-state index in [-0.39, 0.29) is 49.1 Å². The molecule has 0 aliphatic heterocycles. The zero-order chi connectivity index (χ0) is 45.1. The number of benzene rings is 2. The number of aryl methyl sites for hydroxylation is 4. The van der Waals surface area contributed by atoms with Gasteiger partial charge in [-0.25, -0.2) is 8.78 Å². The summed E-state index contributed by atoms with van der Waals surface area (Å²) in [5.41, 5.74) is -3.23. The van der Waals surface area contributed by atoms with Crippen LogP contribution in [0.5, 0.6) is 0 Å². The number of carbonyl (C=O) groups is 2. The fraction of sp³-hybridized carbons (Fsp3) is 0.312. The SMILES string of the molecule is Cc1cc(C(F)(C(F)(F)F)C(F)(F)F)cc(C)c1NC(=O)c1cc(N)c(Br)s1.Cc1cc(C(F)(C(F)(F)F)C(F)(F)F)cc(C)c1NC(=O)c1cc(N)cs1.[B]=NS. The number of carbonyl (C=O) groups excluding carboxylic acids is 2. The summed E-state index contributed by atoms with van der Waals surface area (Å²) < 4.78 is 187. The number of hydrogen-bond donors (Lipinski definition) is 5. The summed E-state index contributed by atoms with van der Waals surface area (Å²) in [6.45, 7) is 4.67. The summed E-state index contributed by atoms with van der Waals surface area (Å²) in [4.78, 5) is 24.8. The maximum absolute atomic E-state index is 14.2. The Hall–Kier alpha value is -3.91. The van der Waals surface area contributed by atoms with Crippen LogP contribution < -0.4 is 22.1 Å². The molecule has 0 bridgehead atoms. The second kappa shape index (κ2) is 18.2. The van der Waals surface area contributed by atoms with Crippen LogP contribution >= 0.6 is 51.4 Å². The maximum atomic E-state index is 14.2. The average molecular weight is 965 g/mol. The van der Waals surface area contributed by atoms with Gasteiger partial charge >= 0.3 is 60.8 Å². The van der Waals surface area contributed by atoms with Gasteiger partial charge in [0.15, 0.2) is 0 Å². The first-order chi connectivity index (χ1) is 26.2. The van der Waals surface area contributed by atoms with Gasteiger partial charge in [0.05, 0.1) is 19.2 Å². The first kappa shape index (κ1) is 50.2. The van der Waals surface area contributed by atoms with E-state index < -0.39 is 59.0 Å². The minimum absolute atomic E-state index is 0.0116. The van der Waals surface area contributed by atoms with E-state index in [0.29, 0.717) is 33.7 Å². The van der Waals surface area contributed by atoms with Crippen LogP contribution in [0.3, 0.4) is 0 Å². The van der Waals surface area contributed by atoms with Crippen molar-refractivity contribution < 1.29 is 71.1 Å².